The maximum absolute atomic E-state index is 9.45. The van der Waals surface area contributed by atoms with E-state index in [1.807, 2.05) is 12.1 Å². The van der Waals surface area contributed by atoms with Crippen LogP contribution in [0.3, 0.4) is 0 Å². The van der Waals surface area contributed by atoms with Crippen LogP contribution in [-0.2, 0) is 0 Å². The normalized spacial score (nSPS) is 18.6. The Morgan fingerprint density at radius 2 is 2.15 bits per heavy atom. The highest BCUT2D eigenvalue weighted by Crippen LogP contribution is 2.40. The van der Waals surface area contributed by atoms with Gasteiger partial charge in [0.1, 0.15) is 5.75 Å². The predicted molar refractivity (Wildman–Crippen MR) is 55.5 cm³/mol. The SMILES string of the molecule is N[C@H](c1ccc(Br)c(O)c1)C1CC1. The molecule has 3 N–H and O–H groups in total. The molecule has 3 heteroatoms. The lowest BCUT2D eigenvalue weighted by atomic mass is 10.0. The Bertz CT molecular complexity index is 323. The molecule has 0 amide bonds. The third kappa shape index (κ3) is 1.86. The lowest BCUT2D eigenvalue weighted by molar-refractivity contribution is 0.469. The minimum Gasteiger partial charge on any atom is -0.507 e. The van der Waals surface area contributed by atoms with Gasteiger partial charge in [-0.15, -0.1) is 0 Å². The number of hydrogen-bond donors (Lipinski definition) is 2. The van der Waals surface area contributed by atoms with Crippen molar-refractivity contribution in [1.82, 2.24) is 0 Å². The second-order valence-electron chi connectivity index (χ2n) is 3.57. The Hall–Kier alpha value is -0.540. The molecule has 1 fully saturated rings. The van der Waals surface area contributed by atoms with Gasteiger partial charge in [-0.05, 0) is 52.4 Å². The van der Waals surface area contributed by atoms with Gasteiger partial charge in [0, 0.05) is 6.04 Å². The van der Waals surface area contributed by atoms with E-state index in [4.69, 9.17) is 5.73 Å². The minimum absolute atomic E-state index is 0.0963. The summed E-state index contributed by atoms with van der Waals surface area (Å²) in [6.45, 7) is 0. The van der Waals surface area contributed by atoms with Gasteiger partial charge in [-0.1, -0.05) is 6.07 Å². The number of halogens is 1. The quantitative estimate of drug-likeness (QED) is 0.837. The van der Waals surface area contributed by atoms with E-state index in [-0.39, 0.29) is 11.8 Å². The van der Waals surface area contributed by atoms with Crippen molar-refractivity contribution in [3.05, 3.63) is 28.2 Å². The van der Waals surface area contributed by atoms with Gasteiger partial charge < -0.3 is 10.8 Å². The summed E-state index contributed by atoms with van der Waals surface area (Å²) < 4.78 is 0.722. The van der Waals surface area contributed by atoms with Gasteiger partial charge in [-0.3, -0.25) is 0 Å². The van der Waals surface area contributed by atoms with Gasteiger partial charge in [0.15, 0.2) is 0 Å². The molecule has 2 rings (SSSR count). The molecule has 1 atom stereocenters. The Kier molecular flexibility index (Phi) is 2.30. The van der Waals surface area contributed by atoms with Crippen molar-refractivity contribution in [2.75, 3.05) is 0 Å². The fraction of sp³-hybridized carbons (Fsp3) is 0.400. The molecule has 0 aromatic heterocycles. The first kappa shape index (κ1) is 9.03. The monoisotopic (exact) mass is 241 g/mol. The molecule has 1 aliphatic rings. The zero-order valence-electron chi connectivity index (χ0n) is 7.20. The summed E-state index contributed by atoms with van der Waals surface area (Å²) in [6.07, 6.45) is 2.44. The van der Waals surface area contributed by atoms with Crippen LogP contribution in [0.2, 0.25) is 0 Å². The largest absolute Gasteiger partial charge is 0.507 e. The molecule has 0 bridgehead atoms. The Morgan fingerprint density at radius 3 is 2.69 bits per heavy atom. The number of rotatable bonds is 2. The Morgan fingerprint density at radius 1 is 1.46 bits per heavy atom. The number of hydrogen-bond acceptors (Lipinski definition) is 2. The highest BCUT2D eigenvalue weighted by molar-refractivity contribution is 9.10. The molecule has 0 spiro atoms. The summed E-state index contributed by atoms with van der Waals surface area (Å²) in [6, 6.07) is 5.64. The zero-order chi connectivity index (χ0) is 9.42. The van der Waals surface area contributed by atoms with Gasteiger partial charge in [-0.25, -0.2) is 0 Å². The molecule has 0 aliphatic heterocycles. The molecular weight excluding hydrogens is 230 g/mol. The second kappa shape index (κ2) is 3.31. The highest BCUT2D eigenvalue weighted by atomic mass is 79.9. The lowest BCUT2D eigenvalue weighted by Crippen LogP contribution is -2.11. The van der Waals surface area contributed by atoms with Crippen molar-refractivity contribution in [1.29, 1.82) is 0 Å². The van der Waals surface area contributed by atoms with E-state index in [1.165, 1.54) is 12.8 Å². The topological polar surface area (TPSA) is 46.2 Å². The zero-order valence-corrected chi connectivity index (χ0v) is 8.79. The van der Waals surface area contributed by atoms with Crippen LogP contribution in [-0.4, -0.2) is 5.11 Å². The summed E-state index contributed by atoms with van der Waals surface area (Å²) in [7, 11) is 0. The van der Waals surface area contributed by atoms with Crippen LogP contribution in [0.1, 0.15) is 24.4 Å². The summed E-state index contributed by atoms with van der Waals surface area (Å²) in [4.78, 5) is 0. The van der Waals surface area contributed by atoms with Crippen molar-refractivity contribution < 1.29 is 5.11 Å². The van der Waals surface area contributed by atoms with E-state index < -0.39 is 0 Å². The van der Waals surface area contributed by atoms with E-state index in [9.17, 15) is 5.11 Å². The van der Waals surface area contributed by atoms with Crippen molar-refractivity contribution >= 4 is 15.9 Å². The summed E-state index contributed by atoms with van der Waals surface area (Å²) in [5.74, 6) is 0.897. The van der Waals surface area contributed by atoms with Crippen LogP contribution < -0.4 is 5.73 Å². The molecule has 0 radical (unpaired) electrons. The number of benzene rings is 1. The first-order valence-electron chi connectivity index (χ1n) is 4.42. The van der Waals surface area contributed by atoms with Crippen LogP contribution >= 0.6 is 15.9 Å². The fourth-order valence-corrected chi connectivity index (χ4v) is 1.71. The minimum atomic E-state index is 0.0963. The van der Waals surface area contributed by atoms with Gasteiger partial charge >= 0.3 is 0 Å². The first-order chi connectivity index (χ1) is 6.18. The van der Waals surface area contributed by atoms with Gasteiger partial charge in [0.25, 0.3) is 0 Å². The van der Waals surface area contributed by atoms with E-state index in [0.29, 0.717) is 5.92 Å². The summed E-state index contributed by atoms with van der Waals surface area (Å²) in [5, 5.41) is 9.45. The van der Waals surface area contributed by atoms with Gasteiger partial charge in [0.05, 0.1) is 4.47 Å². The van der Waals surface area contributed by atoms with E-state index in [0.717, 1.165) is 10.0 Å². The maximum Gasteiger partial charge on any atom is 0.130 e. The van der Waals surface area contributed by atoms with Gasteiger partial charge in [-0.2, -0.15) is 0 Å². The molecular formula is C10H12BrNO. The smallest absolute Gasteiger partial charge is 0.130 e. The molecule has 1 aromatic rings. The number of phenolic OH excluding ortho intramolecular Hbond substituents is 1. The standard InChI is InChI=1S/C10H12BrNO/c11-8-4-3-7(5-9(8)13)10(12)6-1-2-6/h3-6,10,13H,1-2,12H2/t10-/m0/s1. The molecule has 0 heterocycles. The molecule has 2 nitrogen and oxygen atoms in total. The second-order valence-corrected chi connectivity index (χ2v) is 4.43. The van der Waals surface area contributed by atoms with Crippen LogP contribution in [0, 0.1) is 5.92 Å². The van der Waals surface area contributed by atoms with E-state index >= 15 is 0 Å². The molecule has 1 saturated carbocycles. The molecule has 70 valence electrons. The first-order valence-corrected chi connectivity index (χ1v) is 5.22. The van der Waals surface area contributed by atoms with Crippen LogP contribution in [0.4, 0.5) is 0 Å². The molecule has 13 heavy (non-hydrogen) atoms. The number of nitrogens with two attached hydrogens (primary N) is 1. The van der Waals surface area contributed by atoms with Crippen LogP contribution in [0.25, 0.3) is 0 Å². The average molecular weight is 242 g/mol. The van der Waals surface area contributed by atoms with Crippen molar-refractivity contribution in [2.45, 2.75) is 18.9 Å². The summed E-state index contributed by atoms with van der Waals surface area (Å²) >= 11 is 3.24. The van der Waals surface area contributed by atoms with Crippen LogP contribution in [0.5, 0.6) is 5.75 Å². The van der Waals surface area contributed by atoms with Crippen molar-refractivity contribution in [3.8, 4) is 5.75 Å². The van der Waals surface area contributed by atoms with Gasteiger partial charge in [0.2, 0.25) is 0 Å². The van der Waals surface area contributed by atoms with E-state index in [1.54, 1.807) is 6.07 Å². The molecule has 0 saturated heterocycles. The van der Waals surface area contributed by atoms with Crippen molar-refractivity contribution in [3.63, 3.8) is 0 Å². The van der Waals surface area contributed by atoms with E-state index in [2.05, 4.69) is 15.9 Å². The Labute approximate surface area is 85.9 Å². The lowest BCUT2D eigenvalue weighted by Gasteiger charge is -2.11. The number of aromatic hydroxyl groups is 1. The molecule has 1 aliphatic carbocycles. The fourth-order valence-electron chi connectivity index (χ4n) is 1.46. The highest BCUT2D eigenvalue weighted by Gasteiger charge is 2.29. The Balaban J connectivity index is 2.24. The third-order valence-corrected chi connectivity index (χ3v) is 3.16. The third-order valence-electron chi connectivity index (χ3n) is 2.48. The average Bonchev–Trinajstić information content (AvgIpc) is 2.91. The van der Waals surface area contributed by atoms with Crippen LogP contribution in [0.15, 0.2) is 22.7 Å². The molecule has 1 aromatic carbocycles. The van der Waals surface area contributed by atoms with Crippen molar-refractivity contribution in [2.24, 2.45) is 11.7 Å². The maximum atomic E-state index is 9.45. The molecule has 0 unspecified atom stereocenters. The number of phenols is 1. The summed E-state index contributed by atoms with van der Waals surface area (Å²) in [5.41, 5.74) is 7.02. The predicted octanol–water partition coefficient (Wildman–Crippen LogP) is 2.56.